The highest BCUT2D eigenvalue weighted by Crippen LogP contribution is 2.47. The molecule has 18 heteroatoms. The first kappa shape index (κ1) is 44.3. The maximum Gasteiger partial charge on any atom is 0.408 e. The summed E-state index contributed by atoms with van der Waals surface area (Å²) in [6.07, 6.45) is 6.76. The molecule has 1 saturated heterocycles. The van der Waals surface area contributed by atoms with Crippen LogP contribution in [0.1, 0.15) is 104 Å². The number of alkyl carbamates (subject to hydrolysis) is 1. The number of sulfonamides is 1. The van der Waals surface area contributed by atoms with Crippen molar-refractivity contribution in [2.75, 3.05) is 26.9 Å². The summed E-state index contributed by atoms with van der Waals surface area (Å²) >= 11 is 0. The number of nitrogens with one attached hydrogen (secondary N) is 4. The van der Waals surface area contributed by atoms with E-state index in [0.717, 1.165) is 30.2 Å². The summed E-state index contributed by atoms with van der Waals surface area (Å²) in [5.41, 5.74) is -1.47. The molecule has 1 aromatic heterocycles. The van der Waals surface area contributed by atoms with Crippen molar-refractivity contribution in [1.29, 1.82) is 0 Å². The van der Waals surface area contributed by atoms with Gasteiger partial charge < -0.3 is 39.8 Å². The van der Waals surface area contributed by atoms with Gasteiger partial charge in [-0.1, -0.05) is 32.6 Å². The molecule has 3 saturated carbocycles. The number of hydrogen-bond acceptors (Lipinski definition) is 12. The number of methoxy groups -OCH3 is 1. The molecule has 334 valence electrons. The number of pyridine rings is 1. The van der Waals surface area contributed by atoms with Crippen LogP contribution in [0.25, 0.3) is 10.8 Å². The smallest absolute Gasteiger partial charge is 0.408 e. The van der Waals surface area contributed by atoms with E-state index >= 15 is 4.79 Å². The molecule has 6 unspecified atom stereocenters. The van der Waals surface area contributed by atoms with Crippen molar-refractivity contribution in [1.82, 2.24) is 30.6 Å². The third kappa shape index (κ3) is 10.2. The normalized spacial score (nSPS) is 27.9. The molecule has 2 aliphatic heterocycles. The number of aromatic nitrogens is 1. The molecule has 5 aliphatic rings. The molecule has 0 spiro atoms. The minimum atomic E-state index is -3.90. The molecule has 3 heterocycles. The Hall–Kier alpha value is -4.71. The zero-order chi connectivity index (χ0) is 43.7. The van der Waals surface area contributed by atoms with Crippen molar-refractivity contribution in [3.05, 3.63) is 30.0 Å². The molecule has 3 aliphatic carbocycles. The van der Waals surface area contributed by atoms with E-state index in [1.54, 1.807) is 34.1 Å². The number of aryl methyl sites for hydroxylation is 1. The van der Waals surface area contributed by atoms with Crippen LogP contribution < -0.4 is 30.1 Å². The third-order valence-electron chi connectivity index (χ3n) is 12.5. The van der Waals surface area contributed by atoms with Crippen LogP contribution in [0.3, 0.4) is 0 Å². The molecule has 0 radical (unpaired) electrons. The summed E-state index contributed by atoms with van der Waals surface area (Å²) in [4.78, 5) is 76.8. The van der Waals surface area contributed by atoms with Gasteiger partial charge in [0, 0.05) is 24.6 Å². The average molecular weight is 869 g/mol. The monoisotopic (exact) mass is 868 g/mol. The van der Waals surface area contributed by atoms with Crippen LogP contribution in [0.2, 0.25) is 0 Å². The van der Waals surface area contributed by atoms with Crippen molar-refractivity contribution >= 4 is 50.5 Å². The molecule has 17 nitrogen and oxygen atoms in total. The zero-order valence-electron chi connectivity index (χ0n) is 35.8. The maximum atomic E-state index is 15.1. The lowest BCUT2D eigenvalue weighted by atomic mass is 9.83. The number of amides is 5. The van der Waals surface area contributed by atoms with E-state index in [-0.39, 0.29) is 44.4 Å². The highest BCUT2D eigenvalue weighted by molar-refractivity contribution is 7.91. The summed E-state index contributed by atoms with van der Waals surface area (Å²) in [7, 11) is -2.32. The predicted octanol–water partition coefficient (Wildman–Crippen LogP) is 3.41. The molecule has 4 N–H and O–H groups in total. The number of ether oxygens (including phenoxy) is 4. The molecule has 61 heavy (non-hydrogen) atoms. The average Bonchev–Trinajstić information content (AvgIpc) is 4.15. The van der Waals surface area contributed by atoms with Gasteiger partial charge in [-0.2, -0.15) is 0 Å². The quantitative estimate of drug-likeness (QED) is 0.285. The second-order valence-electron chi connectivity index (χ2n) is 18.2. The minimum absolute atomic E-state index is 0.0233. The van der Waals surface area contributed by atoms with Gasteiger partial charge in [-0.15, -0.1) is 0 Å². The first-order chi connectivity index (χ1) is 29.0. The van der Waals surface area contributed by atoms with Crippen LogP contribution >= 0.6 is 0 Å². The van der Waals surface area contributed by atoms with Crippen molar-refractivity contribution < 1.29 is 51.3 Å². The molecular weight excluding hydrogens is 809 g/mol. The second kappa shape index (κ2) is 17.9. The fourth-order valence-electron chi connectivity index (χ4n) is 9.01. The van der Waals surface area contributed by atoms with E-state index in [4.69, 9.17) is 18.9 Å². The molecule has 5 amide bonds. The van der Waals surface area contributed by atoms with E-state index in [2.05, 4.69) is 25.7 Å². The highest BCUT2D eigenvalue weighted by atomic mass is 32.2. The fourth-order valence-corrected chi connectivity index (χ4v) is 10.4. The third-order valence-corrected chi connectivity index (χ3v) is 14.3. The van der Waals surface area contributed by atoms with E-state index in [0.29, 0.717) is 62.0 Å². The molecule has 2 aromatic rings. The van der Waals surface area contributed by atoms with Gasteiger partial charge in [0.15, 0.2) is 0 Å². The maximum absolute atomic E-state index is 15.1. The lowest BCUT2D eigenvalue weighted by Crippen LogP contribution is -2.61. The van der Waals surface area contributed by atoms with Gasteiger partial charge in [-0.25, -0.2) is 18.2 Å². The van der Waals surface area contributed by atoms with Gasteiger partial charge in [-0.05, 0) is 107 Å². The number of fused-ring (bicyclic) bond motifs is 3. The summed E-state index contributed by atoms with van der Waals surface area (Å²) in [5.74, 6) is -2.23. The van der Waals surface area contributed by atoms with Gasteiger partial charge in [0.1, 0.15) is 41.1 Å². The molecule has 4 bridgehead atoms. The van der Waals surface area contributed by atoms with Crippen LogP contribution in [0.4, 0.5) is 4.79 Å². The Balaban J connectivity index is 1.25. The number of benzene rings is 1. The predicted molar refractivity (Wildman–Crippen MR) is 223 cm³/mol. The Morgan fingerprint density at radius 1 is 1.07 bits per heavy atom. The largest absolute Gasteiger partial charge is 0.496 e. The molecule has 1 aromatic carbocycles. The lowest BCUT2D eigenvalue weighted by molar-refractivity contribution is -0.144. The lowest BCUT2D eigenvalue weighted by Gasteiger charge is -2.35. The van der Waals surface area contributed by atoms with Gasteiger partial charge >= 0.3 is 6.09 Å². The Bertz CT molecular complexity index is 2120. The van der Waals surface area contributed by atoms with Gasteiger partial charge in [0.2, 0.25) is 33.6 Å². The Kier molecular flexibility index (Phi) is 13.0. The minimum Gasteiger partial charge on any atom is -0.496 e. The number of carbonyl (C=O) groups is 5. The van der Waals surface area contributed by atoms with Crippen molar-refractivity contribution in [3.8, 4) is 11.6 Å². The molecule has 4 fully saturated rings. The number of rotatable bonds is 9. The summed E-state index contributed by atoms with van der Waals surface area (Å²) in [6, 6.07) is 2.21. The van der Waals surface area contributed by atoms with Crippen LogP contribution in [-0.2, 0) is 45.1 Å². The zero-order valence-corrected chi connectivity index (χ0v) is 36.6. The van der Waals surface area contributed by atoms with E-state index in [1.165, 1.54) is 4.90 Å². The Morgan fingerprint density at radius 3 is 2.49 bits per heavy atom. The molecule has 7 rings (SSSR count). The number of nitrogens with zero attached hydrogens (tertiary/aromatic N) is 2. The van der Waals surface area contributed by atoms with E-state index in [1.807, 2.05) is 25.1 Å². The van der Waals surface area contributed by atoms with Gasteiger partial charge in [0.05, 0.1) is 25.5 Å². The first-order valence-corrected chi connectivity index (χ1v) is 23.2. The van der Waals surface area contributed by atoms with Gasteiger partial charge in [-0.3, -0.25) is 23.9 Å². The number of carbonyl (C=O) groups excluding carboxylic acids is 5. The number of hydrogen-bond donors (Lipinski definition) is 4. The van der Waals surface area contributed by atoms with Crippen LogP contribution in [0.5, 0.6) is 11.6 Å². The highest BCUT2D eigenvalue weighted by Gasteiger charge is 2.62. The van der Waals surface area contributed by atoms with Crippen molar-refractivity contribution in [3.63, 3.8) is 0 Å². The summed E-state index contributed by atoms with van der Waals surface area (Å²) in [6.45, 7) is 6.97. The molecular formula is C43H60N6O11S. The Morgan fingerprint density at radius 2 is 1.82 bits per heavy atom. The SMILES string of the molecule is CCC1CC1(NC(=O)C1CC2CN1C(=O)C(C1CCCCC1)NC(=O)C(NC(=O)OC(C)(C)C)COCCCc1cc3c(nccc3cc1OC)O2)C(=O)NS(=O)(=O)C1CC1. The van der Waals surface area contributed by atoms with E-state index in [9.17, 15) is 27.6 Å². The first-order valence-electron chi connectivity index (χ1n) is 21.7. The fraction of sp³-hybridized carbons (Fsp3) is 0.674. The van der Waals surface area contributed by atoms with Crippen molar-refractivity contribution in [2.24, 2.45) is 11.8 Å². The van der Waals surface area contributed by atoms with Crippen LogP contribution in [-0.4, -0.2) is 116 Å². The standard InChI is InChI=1S/C43H60N6O11S/c1-6-28-22-43(28,40(53)48-61(55,56)30-14-15-30)47-37(51)33-21-29-23-49(33)39(52)35(25-11-8-7-9-12-25)46-36(50)32(45-41(54)60-42(2,3)4)24-58-18-10-13-27-19-31-26(20-34(27)57-5)16-17-44-38(31)59-29/h16-17,19-20,25,28-30,32-33,35H,6-15,18,21-24H2,1-5H3,(H,45,54)(H,46,50)(H,47,51)(H,48,53). The van der Waals surface area contributed by atoms with Crippen LogP contribution in [0.15, 0.2) is 24.4 Å². The van der Waals surface area contributed by atoms with Crippen molar-refractivity contribution in [2.45, 2.75) is 145 Å². The topological polar surface area (TPSA) is 221 Å². The Labute approximate surface area is 357 Å². The van der Waals surface area contributed by atoms with E-state index < -0.39 is 80.4 Å². The summed E-state index contributed by atoms with van der Waals surface area (Å²) < 4.78 is 51.8. The second-order valence-corrected chi connectivity index (χ2v) is 20.2. The van der Waals surface area contributed by atoms with Crippen LogP contribution in [0, 0.1) is 11.8 Å². The van der Waals surface area contributed by atoms with Gasteiger partial charge in [0.25, 0.3) is 5.91 Å². The molecule has 6 atom stereocenters. The summed E-state index contributed by atoms with van der Waals surface area (Å²) in [5, 5.41) is 9.38.